The fourth-order valence-corrected chi connectivity index (χ4v) is 6.15. The topological polar surface area (TPSA) is 94.6 Å². The van der Waals surface area contributed by atoms with Crippen LogP contribution in [0.3, 0.4) is 0 Å². The zero-order chi connectivity index (χ0) is 27.4. The number of amides is 1. The number of thiazole rings is 1. The second-order valence-corrected chi connectivity index (χ2v) is 10.5. The van der Waals surface area contributed by atoms with Crippen molar-refractivity contribution >= 4 is 67.3 Å². The Morgan fingerprint density at radius 3 is 2.36 bits per heavy atom. The van der Waals surface area contributed by atoms with Gasteiger partial charge in [0.05, 0.1) is 22.4 Å². The van der Waals surface area contributed by atoms with Gasteiger partial charge in [0.15, 0.2) is 6.61 Å². The molecule has 5 rings (SSSR count). The van der Waals surface area contributed by atoms with Crippen molar-refractivity contribution < 1.29 is 23.9 Å². The molecule has 0 saturated heterocycles. The van der Waals surface area contributed by atoms with Crippen LogP contribution in [0.25, 0.3) is 31.9 Å². The number of carbonyl (C=O) groups is 3. The molecule has 0 fully saturated rings. The molecule has 0 atom stereocenters. The number of nitrogens with one attached hydrogen (secondary N) is 1. The average Bonchev–Trinajstić information content (AvgIpc) is 3.56. The fourth-order valence-electron chi connectivity index (χ4n) is 3.94. The van der Waals surface area contributed by atoms with Gasteiger partial charge < -0.3 is 14.8 Å². The maximum atomic E-state index is 13.0. The van der Waals surface area contributed by atoms with Crippen LogP contribution in [0.2, 0.25) is 5.02 Å². The standard InChI is InChI=1S/C29H21ClN2O5S2/c1-2-36-29(35)25-20(17-9-5-6-12-21(17)30)16-38-27(25)32-24(33)15-37-28(34)19-11-4-3-10-18(19)26-31-22-13-7-8-14-23(22)39-26/h3-14,16H,2,15H2,1H3,(H,32,33). The van der Waals surface area contributed by atoms with Crippen molar-refractivity contribution in [3.8, 4) is 21.7 Å². The van der Waals surface area contributed by atoms with Gasteiger partial charge in [0.2, 0.25) is 0 Å². The highest BCUT2D eigenvalue weighted by Gasteiger charge is 2.24. The first-order valence-electron chi connectivity index (χ1n) is 11.9. The Balaban J connectivity index is 1.33. The zero-order valence-corrected chi connectivity index (χ0v) is 23.0. The van der Waals surface area contributed by atoms with Crippen LogP contribution in [0, 0.1) is 0 Å². The number of halogens is 1. The van der Waals surface area contributed by atoms with Crippen LogP contribution in [0.5, 0.6) is 0 Å². The highest BCUT2D eigenvalue weighted by atomic mass is 35.5. The molecule has 7 nitrogen and oxygen atoms in total. The van der Waals surface area contributed by atoms with E-state index in [1.54, 1.807) is 54.8 Å². The van der Waals surface area contributed by atoms with Gasteiger partial charge in [0.1, 0.15) is 15.6 Å². The molecule has 2 aromatic heterocycles. The van der Waals surface area contributed by atoms with Gasteiger partial charge in [-0.2, -0.15) is 0 Å². The normalized spacial score (nSPS) is 10.8. The number of para-hydroxylation sites is 1. The summed E-state index contributed by atoms with van der Waals surface area (Å²) < 4.78 is 11.6. The number of rotatable bonds is 8. The Morgan fingerprint density at radius 2 is 1.59 bits per heavy atom. The molecule has 1 N–H and O–H groups in total. The van der Waals surface area contributed by atoms with E-state index in [0.717, 1.165) is 21.6 Å². The maximum absolute atomic E-state index is 13.0. The van der Waals surface area contributed by atoms with Gasteiger partial charge >= 0.3 is 11.9 Å². The van der Waals surface area contributed by atoms with Crippen LogP contribution in [0.4, 0.5) is 5.00 Å². The number of hydrogen-bond acceptors (Lipinski definition) is 8. The number of aromatic nitrogens is 1. The van der Waals surface area contributed by atoms with Crippen molar-refractivity contribution in [2.75, 3.05) is 18.5 Å². The molecular weight excluding hydrogens is 556 g/mol. The molecule has 3 aromatic carbocycles. The minimum absolute atomic E-state index is 0.162. The summed E-state index contributed by atoms with van der Waals surface area (Å²) in [6.07, 6.45) is 0. The summed E-state index contributed by atoms with van der Waals surface area (Å²) in [6.45, 7) is 1.31. The Bertz CT molecular complexity index is 1660. The molecule has 0 unspecified atom stereocenters. The second-order valence-electron chi connectivity index (χ2n) is 8.21. The first-order valence-corrected chi connectivity index (χ1v) is 14.0. The Morgan fingerprint density at radius 1 is 0.872 bits per heavy atom. The predicted octanol–water partition coefficient (Wildman–Crippen LogP) is 7.32. The molecule has 0 aliphatic rings. The molecule has 5 aromatic rings. The maximum Gasteiger partial charge on any atom is 0.341 e. The molecule has 0 radical (unpaired) electrons. The van der Waals surface area contributed by atoms with Crippen LogP contribution in [-0.2, 0) is 14.3 Å². The molecule has 39 heavy (non-hydrogen) atoms. The molecule has 0 aliphatic heterocycles. The fraction of sp³-hybridized carbons (Fsp3) is 0.103. The van der Waals surface area contributed by atoms with Gasteiger partial charge in [0.25, 0.3) is 5.91 Å². The Kier molecular flexibility index (Phi) is 8.02. The summed E-state index contributed by atoms with van der Waals surface area (Å²) in [5, 5.41) is 5.82. The third-order valence-corrected chi connectivity index (χ3v) is 7.99. The van der Waals surface area contributed by atoms with E-state index in [0.29, 0.717) is 32.3 Å². The molecule has 0 saturated carbocycles. The van der Waals surface area contributed by atoms with Gasteiger partial charge in [-0.1, -0.05) is 60.1 Å². The van der Waals surface area contributed by atoms with Crippen LogP contribution in [0.15, 0.2) is 78.2 Å². The molecule has 10 heteroatoms. The minimum Gasteiger partial charge on any atom is -0.462 e. The lowest BCUT2D eigenvalue weighted by atomic mass is 10.0. The van der Waals surface area contributed by atoms with Crippen molar-refractivity contribution in [2.45, 2.75) is 6.92 Å². The predicted molar refractivity (Wildman–Crippen MR) is 155 cm³/mol. The van der Waals surface area contributed by atoms with Gasteiger partial charge in [-0.3, -0.25) is 4.79 Å². The molecular formula is C29H21ClN2O5S2. The zero-order valence-electron chi connectivity index (χ0n) is 20.6. The average molecular weight is 577 g/mol. The number of esters is 2. The van der Waals surface area contributed by atoms with Crippen LogP contribution in [-0.4, -0.2) is 36.0 Å². The number of ether oxygens (including phenoxy) is 2. The minimum atomic E-state index is -0.659. The van der Waals surface area contributed by atoms with Crippen LogP contribution >= 0.6 is 34.3 Å². The van der Waals surface area contributed by atoms with Crippen LogP contribution < -0.4 is 5.32 Å². The van der Waals surface area contributed by atoms with Crippen molar-refractivity contribution in [3.63, 3.8) is 0 Å². The van der Waals surface area contributed by atoms with Gasteiger partial charge in [0, 0.05) is 27.1 Å². The lowest BCUT2D eigenvalue weighted by Gasteiger charge is -2.10. The molecule has 0 aliphatic carbocycles. The summed E-state index contributed by atoms with van der Waals surface area (Å²) in [5.41, 5.74) is 3.13. The molecule has 196 valence electrons. The Labute approximate surface area is 237 Å². The molecule has 0 spiro atoms. The number of benzene rings is 3. The SMILES string of the molecule is CCOC(=O)c1c(-c2ccccc2Cl)csc1NC(=O)COC(=O)c1ccccc1-c1nc2ccccc2s1. The number of anilines is 1. The molecule has 0 bridgehead atoms. The highest BCUT2D eigenvalue weighted by Crippen LogP contribution is 2.39. The number of hydrogen-bond donors (Lipinski definition) is 1. The highest BCUT2D eigenvalue weighted by molar-refractivity contribution is 7.21. The van der Waals surface area contributed by atoms with E-state index < -0.39 is 24.5 Å². The van der Waals surface area contributed by atoms with Gasteiger partial charge in [-0.25, -0.2) is 14.6 Å². The van der Waals surface area contributed by atoms with E-state index in [2.05, 4.69) is 10.3 Å². The van der Waals surface area contributed by atoms with Gasteiger partial charge in [-0.05, 0) is 31.2 Å². The summed E-state index contributed by atoms with van der Waals surface area (Å²) in [7, 11) is 0. The van der Waals surface area contributed by atoms with Crippen LogP contribution in [0.1, 0.15) is 27.6 Å². The number of thiophene rings is 1. The summed E-state index contributed by atoms with van der Waals surface area (Å²) in [4.78, 5) is 43.2. The first kappa shape index (κ1) is 26.6. The number of carbonyl (C=O) groups excluding carboxylic acids is 3. The summed E-state index contributed by atoms with van der Waals surface area (Å²) >= 11 is 8.98. The monoisotopic (exact) mass is 576 g/mol. The third-order valence-electron chi connectivity index (χ3n) is 5.69. The van der Waals surface area contributed by atoms with Crippen molar-refractivity contribution in [1.29, 1.82) is 0 Å². The van der Waals surface area contributed by atoms with E-state index >= 15 is 0 Å². The van der Waals surface area contributed by atoms with Gasteiger partial charge in [-0.15, -0.1) is 22.7 Å². The largest absolute Gasteiger partial charge is 0.462 e. The lowest BCUT2D eigenvalue weighted by molar-refractivity contribution is -0.119. The van der Waals surface area contributed by atoms with Crippen molar-refractivity contribution in [2.24, 2.45) is 0 Å². The summed E-state index contributed by atoms with van der Waals surface area (Å²) in [5.74, 6) is -1.85. The lowest BCUT2D eigenvalue weighted by Crippen LogP contribution is -2.22. The summed E-state index contributed by atoms with van der Waals surface area (Å²) in [6, 6.07) is 21.8. The van der Waals surface area contributed by atoms with E-state index in [1.165, 1.54) is 11.3 Å². The smallest absolute Gasteiger partial charge is 0.341 e. The van der Waals surface area contributed by atoms with E-state index in [-0.39, 0.29) is 17.2 Å². The Hall–Kier alpha value is -4.05. The molecule has 1 amide bonds. The van der Waals surface area contributed by atoms with Crippen molar-refractivity contribution in [3.05, 3.63) is 94.3 Å². The number of nitrogens with zero attached hydrogens (tertiary/aromatic N) is 1. The second kappa shape index (κ2) is 11.8. The van der Waals surface area contributed by atoms with E-state index in [1.807, 2.05) is 30.3 Å². The number of fused-ring (bicyclic) bond motifs is 1. The van der Waals surface area contributed by atoms with E-state index in [4.69, 9.17) is 21.1 Å². The molecule has 2 heterocycles. The van der Waals surface area contributed by atoms with E-state index in [9.17, 15) is 14.4 Å². The third kappa shape index (κ3) is 5.70. The first-order chi connectivity index (χ1) is 19.0. The quantitative estimate of drug-likeness (QED) is 0.194. The van der Waals surface area contributed by atoms with Crippen molar-refractivity contribution in [1.82, 2.24) is 4.98 Å².